The third-order valence-electron chi connectivity index (χ3n) is 2.74. The molecular formula is C12H19BrN2O3S. The van der Waals surface area contributed by atoms with Gasteiger partial charge in [-0.15, -0.1) is 0 Å². The van der Waals surface area contributed by atoms with Crippen LogP contribution in [0.1, 0.15) is 26.7 Å². The number of aliphatic hydroxyl groups is 1. The van der Waals surface area contributed by atoms with E-state index in [-0.39, 0.29) is 16.9 Å². The Morgan fingerprint density at radius 2 is 2.11 bits per heavy atom. The average molecular weight is 351 g/mol. The summed E-state index contributed by atoms with van der Waals surface area (Å²) in [7, 11) is -3.55. The number of nitrogens with one attached hydrogen (secondary N) is 1. The van der Waals surface area contributed by atoms with E-state index >= 15 is 0 Å². The SMILES string of the molecule is CC(C)(CCCO)CNS(=O)(=O)c1cncc(Br)c1. The second kappa shape index (κ2) is 6.78. The first kappa shape index (κ1) is 16.6. The largest absolute Gasteiger partial charge is 0.396 e. The quantitative estimate of drug-likeness (QED) is 0.787. The fourth-order valence-electron chi connectivity index (χ4n) is 1.56. The smallest absolute Gasteiger partial charge is 0.242 e. The molecule has 2 N–H and O–H groups in total. The van der Waals surface area contributed by atoms with E-state index < -0.39 is 10.0 Å². The topological polar surface area (TPSA) is 79.3 Å². The van der Waals surface area contributed by atoms with E-state index in [0.717, 1.165) is 6.42 Å². The Balaban J connectivity index is 2.71. The minimum atomic E-state index is -3.55. The second-order valence-electron chi connectivity index (χ2n) is 5.15. The summed E-state index contributed by atoms with van der Waals surface area (Å²) in [5.41, 5.74) is -0.199. The lowest BCUT2D eigenvalue weighted by molar-refractivity contribution is 0.242. The summed E-state index contributed by atoms with van der Waals surface area (Å²) in [6, 6.07) is 1.51. The number of halogens is 1. The number of sulfonamides is 1. The van der Waals surface area contributed by atoms with E-state index in [2.05, 4.69) is 25.6 Å². The van der Waals surface area contributed by atoms with E-state index in [1.165, 1.54) is 18.5 Å². The summed E-state index contributed by atoms with van der Waals surface area (Å²) in [5.74, 6) is 0. The van der Waals surface area contributed by atoms with Gasteiger partial charge in [0.25, 0.3) is 0 Å². The van der Waals surface area contributed by atoms with Gasteiger partial charge in [-0.25, -0.2) is 13.1 Å². The Bertz CT molecular complexity index is 517. The van der Waals surface area contributed by atoms with Gasteiger partial charge in [-0.3, -0.25) is 4.98 Å². The normalized spacial score (nSPS) is 12.6. The zero-order valence-corrected chi connectivity index (χ0v) is 13.5. The van der Waals surface area contributed by atoms with Crippen LogP contribution >= 0.6 is 15.9 Å². The molecule has 0 fully saturated rings. The summed E-state index contributed by atoms with van der Waals surface area (Å²) in [5, 5.41) is 8.81. The van der Waals surface area contributed by atoms with Crippen LogP contribution < -0.4 is 4.72 Å². The lowest BCUT2D eigenvalue weighted by atomic mass is 9.88. The first-order valence-electron chi connectivity index (χ1n) is 5.98. The number of aromatic nitrogens is 1. The summed E-state index contributed by atoms with van der Waals surface area (Å²) in [4.78, 5) is 3.98. The first-order chi connectivity index (χ1) is 8.77. The van der Waals surface area contributed by atoms with Gasteiger partial charge in [0.2, 0.25) is 10.0 Å². The van der Waals surface area contributed by atoms with Crippen molar-refractivity contribution in [1.29, 1.82) is 0 Å². The maximum absolute atomic E-state index is 12.1. The number of aliphatic hydroxyl groups excluding tert-OH is 1. The Kier molecular flexibility index (Phi) is 5.91. The van der Waals surface area contributed by atoms with Crippen molar-refractivity contribution >= 4 is 26.0 Å². The van der Waals surface area contributed by atoms with E-state index in [0.29, 0.717) is 17.4 Å². The highest BCUT2D eigenvalue weighted by atomic mass is 79.9. The fraction of sp³-hybridized carbons (Fsp3) is 0.583. The monoisotopic (exact) mass is 350 g/mol. The van der Waals surface area contributed by atoms with E-state index in [4.69, 9.17) is 5.11 Å². The fourth-order valence-corrected chi connectivity index (χ4v) is 3.30. The predicted octanol–water partition coefficient (Wildman–Crippen LogP) is 1.92. The van der Waals surface area contributed by atoms with Gasteiger partial charge in [0.15, 0.2) is 0 Å². The van der Waals surface area contributed by atoms with Crippen molar-refractivity contribution in [3.63, 3.8) is 0 Å². The van der Waals surface area contributed by atoms with Gasteiger partial charge in [-0.05, 0) is 40.3 Å². The molecule has 0 aliphatic rings. The summed E-state index contributed by atoms with van der Waals surface area (Å²) in [6.45, 7) is 4.36. The molecule has 0 saturated carbocycles. The molecule has 0 aliphatic heterocycles. The highest BCUT2D eigenvalue weighted by Gasteiger charge is 2.22. The van der Waals surface area contributed by atoms with Gasteiger partial charge in [0, 0.05) is 30.0 Å². The van der Waals surface area contributed by atoms with Crippen molar-refractivity contribution in [2.24, 2.45) is 5.41 Å². The van der Waals surface area contributed by atoms with Crippen LogP contribution in [0.2, 0.25) is 0 Å². The molecule has 0 atom stereocenters. The summed E-state index contributed by atoms with van der Waals surface area (Å²) < 4.78 is 27.4. The van der Waals surface area contributed by atoms with E-state index in [1.54, 1.807) is 0 Å². The van der Waals surface area contributed by atoms with Gasteiger partial charge >= 0.3 is 0 Å². The molecule has 108 valence electrons. The van der Waals surface area contributed by atoms with Crippen LogP contribution in [0.4, 0.5) is 0 Å². The number of pyridine rings is 1. The van der Waals surface area contributed by atoms with E-state index in [1.807, 2.05) is 13.8 Å². The highest BCUT2D eigenvalue weighted by molar-refractivity contribution is 9.10. The van der Waals surface area contributed by atoms with Crippen molar-refractivity contribution in [3.8, 4) is 0 Å². The molecule has 1 aromatic rings. The zero-order valence-electron chi connectivity index (χ0n) is 11.1. The van der Waals surface area contributed by atoms with Crippen molar-refractivity contribution in [1.82, 2.24) is 9.71 Å². The third-order valence-corrected chi connectivity index (χ3v) is 4.54. The van der Waals surface area contributed by atoms with Crippen LogP contribution in [0.5, 0.6) is 0 Å². The van der Waals surface area contributed by atoms with Crippen molar-refractivity contribution < 1.29 is 13.5 Å². The Morgan fingerprint density at radius 1 is 1.42 bits per heavy atom. The van der Waals surface area contributed by atoms with E-state index in [9.17, 15) is 8.42 Å². The molecule has 0 aromatic carbocycles. The molecule has 0 spiro atoms. The van der Waals surface area contributed by atoms with Crippen molar-refractivity contribution in [2.45, 2.75) is 31.6 Å². The molecule has 0 radical (unpaired) electrons. The summed E-state index contributed by atoms with van der Waals surface area (Å²) in [6.07, 6.45) is 4.26. The number of nitrogens with zero attached hydrogens (tertiary/aromatic N) is 1. The van der Waals surface area contributed by atoms with Gasteiger partial charge < -0.3 is 5.11 Å². The standard InChI is InChI=1S/C12H19BrN2O3S/c1-12(2,4-3-5-16)9-15-19(17,18)11-6-10(13)7-14-8-11/h6-8,15-16H,3-5,9H2,1-2H3. The molecule has 0 unspecified atom stereocenters. The molecule has 1 aromatic heterocycles. The maximum Gasteiger partial charge on any atom is 0.242 e. The van der Waals surface area contributed by atoms with Gasteiger partial charge in [-0.2, -0.15) is 0 Å². The highest BCUT2D eigenvalue weighted by Crippen LogP contribution is 2.22. The van der Waals surface area contributed by atoms with Crippen LogP contribution in [0.3, 0.4) is 0 Å². The second-order valence-corrected chi connectivity index (χ2v) is 7.84. The minimum absolute atomic E-state index is 0.117. The molecule has 1 heterocycles. The van der Waals surface area contributed by atoms with Crippen LogP contribution in [-0.2, 0) is 10.0 Å². The molecule has 5 nitrogen and oxygen atoms in total. The lowest BCUT2D eigenvalue weighted by Crippen LogP contribution is -2.34. The Hall–Kier alpha value is -0.500. The Morgan fingerprint density at radius 3 is 2.68 bits per heavy atom. The maximum atomic E-state index is 12.1. The van der Waals surface area contributed by atoms with Gasteiger partial charge in [-0.1, -0.05) is 13.8 Å². The molecule has 7 heteroatoms. The van der Waals surface area contributed by atoms with Gasteiger partial charge in [0.1, 0.15) is 4.90 Å². The molecule has 1 rings (SSSR count). The molecule has 0 bridgehead atoms. The Labute approximate surface area is 122 Å². The molecule has 0 amide bonds. The van der Waals surface area contributed by atoms with Crippen LogP contribution in [0.25, 0.3) is 0 Å². The first-order valence-corrected chi connectivity index (χ1v) is 8.25. The minimum Gasteiger partial charge on any atom is -0.396 e. The lowest BCUT2D eigenvalue weighted by Gasteiger charge is -2.24. The molecular weight excluding hydrogens is 332 g/mol. The zero-order chi connectivity index (χ0) is 14.5. The van der Waals surface area contributed by atoms with Crippen LogP contribution in [0, 0.1) is 5.41 Å². The van der Waals surface area contributed by atoms with Crippen LogP contribution in [0.15, 0.2) is 27.8 Å². The number of hydrogen-bond donors (Lipinski definition) is 2. The molecule has 19 heavy (non-hydrogen) atoms. The van der Waals surface area contributed by atoms with Gasteiger partial charge in [0.05, 0.1) is 0 Å². The van der Waals surface area contributed by atoms with Crippen molar-refractivity contribution in [3.05, 3.63) is 22.9 Å². The third kappa shape index (κ3) is 5.56. The predicted molar refractivity (Wildman–Crippen MR) is 77.2 cm³/mol. The average Bonchev–Trinajstić information content (AvgIpc) is 2.34. The number of rotatable bonds is 7. The molecule has 0 aliphatic carbocycles. The number of hydrogen-bond acceptors (Lipinski definition) is 4. The van der Waals surface area contributed by atoms with Crippen molar-refractivity contribution in [2.75, 3.05) is 13.2 Å². The van der Waals surface area contributed by atoms with Crippen LogP contribution in [-0.4, -0.2) is 31.7 Å². The molecule has 0 saturated heterocycles. The summed E-state index contributed by atoms with van der Waals surface area (Å²) >= 11 is 3.20.